The Morgan fingerprint density at radius 3 is 2.88 bits per heavy atom. The third-order valence-electron chi connectivity index (χ3n) is 4.38. The van der Waals surface area contributed by atoms with Crippen LogP contribution in [0.4, 0.5) is 10.1 Å². The van der Waals surface area contributed by atoms with Crippen molar-refractivity contribution in [3.05, 3.63) is 59.9 Å². The molecule has 1 saturated heterocycles. The molecule has 0 bridgehead atoms. The van der Waals surface area contributed by atoms with Gasteiger partial charge in [-0.2, -0.15) is 0 Å². The van der Waals surface area contributed by atoms with Crippen molar-refractivity contribution in [3.63, 3.8) is 0 Å². The highest BCUT2D eigenvalue weighted by atomic mass is 32.1. The van der Waals surface area contributed by atoms with Gasteiger partial charge in [0.05, 0.1) is 13.2 Å². The second-order valence-corrected chi connectivity index (χ2v) is 6.66. The molecule has 3 rings (SSSR count). The fourth-order valence-corrected chi connectivity index (χ4v) is 3.25. The quantitative estimate of drug-likeness (QED) is 0.766. The lowest BCUT2D eigenvalue weighted by molar-refractivity contribution is 0.0903. The van der Waals surface area contributed by atoms with Gasteiger partial charge in [0.2, 0.25) is 0 Å². The van der Waals surface area contributed by atoms with Gasteiger partial charge in [0, 0.05) is 37.0 Å². The standard InChI is InChI=1S/C20H23FN2O2S/c1-24-17-8-4-7-16(12-17)22-20(26)23(14-18-9-5-11-25-18)13-15-6-2-3-10-19(15)21/h2-4,6-8,10,12,18H,5,9,11,13-14H2,1H3,(H,22,26). The number of rotatable bonds is 6. The Balaban J connectivity index is 1.74. The average Bonchev–Trinajstić information content (AvgIpc) is 3.16. The average molecular weight is 374 g/mol. The maximum absolute atomic E-state index is 14.1. The van der Waals surface area contributed by atoms with Crippen molar-refractivity contribution in [1.82, 2.24) is 4.90 Å². The number of hydrogen-bond acceptors (Lipinski definition) is 3. The Morgan fingerprint density at radius 1 is 1.31 bits per heavy atom. The van der Waals surface area contributed by atoms with Crippen molar-refractivity contribution in [1.29, 1.82) is 0 Å². The highest BCUT2D eigenvalue weighted by Gasteiger charge is 2.22. The summed E-state index contributed by atoms with van der Waals surface area (Å²) in [6.45, 7) is 1.79. The molecular weight excluding hydrogens is 351 g/mol. The lowest BCUT2D eigenvalue weighted by Gasteiger charge is -2.28. The normalized spacial score (nSPS) is 16.3. The summed E-state index contributed by atoms with van der Waals surface area (Å²) in [7, 11) is 1.62. The number of halogens is 1. The van der Waals surface area contributed by atoms with Crippen LogP contribution in [0.25, 0.3) is 0 Å². The maximum atomic E-state index is 14.1. The van der Waals surface area contributed by atoms with Crippen LogP contribution in [0.3, 0.4) is 0 Å². The van der Waals surface area contributed by atoms with Gasteiger partial charge in [0.25, 0.3) is 0 Å². The summed E-state index contributed by atoms with van der Waals surface area (Å²) in [6.07, 6.45) is 2.16. The molecule has 1 unspecified atom stereocenters. The molecule has 2 aromatic rings. The van der Waals surface area contributed by atoms with E-state index in [0.717, 1.165) is 30.9 Å². The van der Waals surface area contributed by atoms with Crippen LogP contribution >= 0.6 is 12.2 Å². The minimum Gasteiger partial charge on any atom is -0.497 e. The van der Waals surface area contributed by atoms with Gasteiger partial charge in [0.1, 0.15) is 11.6 Å². The van der Waals surface area contributed by atoms with E-state index in [1.54, 1.807) is 19.2 Å². The molecule has 26 heavy (non-hydrogen) atoms. The van der Waals surface area contributed by atoms with E-state index in [9.17, 15) is 4.39 Å². The van der Waals surface area contributed by atoms with E-state index in [0.29, 0.717) is 23.8 Å². The Labute approximate surface area is 158 Å². The van der Waals surface area contributed by atoms with Crippen LogP contribution in [-0.4, -0.2) is 36.4 Å². The molecule has 4 nitrogen and oxygen atoms in total. The van der Waals surface area contributed by atoms with Gasteiger partial charge in [0.15, 0.2) is 5.11 Å². The van der Waals surface area contributed by atoms with E-state index in [2.05, 4.69) is 5.32 Å². The third-order valence-corrected chi connectivity index (χ3v) is 4.74. The van der Waals surface area contributed by atoms with E-state index in [-0.39, 0.29) is 11.9 Å². The van der Waals surface area contributed by atoms with Crippen molar-refractivity contribution in [2.24, 2.45) is 0 Å². The monoisotopic (exact) mass is 374 g/mol. The van der Waals surface area contributed by atoms with Crippen molar-refractivity contribution < 1.29 is 13.9 Å². The van der Waals surface area contributed by atoms with E-state index >= 15 is 0 Å². The summed E-state index contributed by atoms with van der Waals surface area (Å²) < 4.78 is 25.1. The predicted molar refractivity (Wildman–Crippen MR) is 105 cm³/mol. The summed E-state index contributed by atoms with van der Waals surface area (Å²) in [5, 5.41) is 3.77. The molecule has 1 fully saturated rings. The number of ether oxygens (including phenoxy) is 2. The first-order valence-corrected chi connectivity index (χ1v) is 9.11. The Morgan fingerprint density at radius 2 is 2.15 bits per heavy atom. The molecule has 0 aromatic heterocycles. The van der Waals surface area contributed by atoms with Gasteiger partial charge in [-0.25, -0.2) is 4.39 Å². The van der Waals surface area contributed by atoms with Crippen LogP contribution in [0.15, 0.2) is 48.5 Å². The lowest BCUT2D eigenvalue weighted by Crippen LogP contribution is -2.39. The molecule has 1 aliphatic rings. The van der Waals surface area contributed by atoms with Crippen molar-refractivity contribution in [3.8, 4) is 5.75 Å². The molecule has 0 radical (unpaired) electrons. The van der Waals surface area contributed by atoms with Crippen LogP contribution in [-0.2, 0) is 11.3 Å². The molecular formula is C20H23FN2O2S. The SMILES string of the molecule is COc1cccc(NC(=S)N(Cc2ccccc2F)CC2CCCO2)c1. The molecule has 1 heterocycles. The van der Waals surface area contributed by atoms with Crippen LogP contribution < -0.4 is 10.1 Å². The minimum atomic E-state index is -0.228. The summed E-state index contributed by atoms with van der Waals surface area (Å²) in [5.74, 6) is 0.520. The van der Waals surface area contributed by atoms with E-state index in [4.69, 9.17) is 21.7 Å². The Bertz CT molecular complexity index is 750. The Kier molecular flexibility index (Phi) is 6.41. The third kappa shape index (κ3) is 4.93. The zero-order chi connectivity index (χ0) is 18.4. The number of nitrogens with one attached hydrogen (secondary N) is 1. The van der Waals surface area contributed by atoms with Crippen molar-refractivity contribution in [2.45, 2.75) is 25.5 Å². The molecule has 1 N–H and O–H groups in total. The molecule has 6 heteroatoms. The molecule has 0 aliphatic carbocycles. The number of anilines is 1. The van der Waals surface area contributed by atoms with Crippen LogP contribution in [0.5, 0.6) is 5.75 Å². The van der Waals surface area contributed by atoms with E-state index < -0.39 is 0 Å². The number of hydrogen-bond donors (Lipinski definition) is 1. The summed E-state index contributed by atoms with van der Waals surface area (Å²) in [6, 6.07) is 14.3. The van der Waals surface area contributed by atoms with Gasteiger partial charge in [-0.3, -0.25) is 0 Å². The van der Waals surface area contributed by atoms with Crippen molar-refractivity contribution >= 4 is 23.0 Å². The molecule has 1 atom stereocenters. The van der Waals surface area contributed by atoms with Crippen LogP contribution in [0.1, 0.15) is 18.4 Å². The second kappa shape index (κ2) is 8.96. The fourth-order valence-electron chi connectivity index (χ4n) is 2.99. The topological polar surface area (TPSA) is 33.7 Å². The summed E-state index contributed by atoms with van der Waals surface area (Å²) >= 11 is 5.61. The summed E-state index contributed by atoms with van der Waals surface area (Å²) in [4.78, 5) is 1.96. The zero-order valence-corrected chi connectivity index (χ0v) is 15.6. The molecule has 0 amide bonds. The number of benzene rings is 2. The van der Waals surface area contributed by atoms with Gasteiger partial charge in [-0.1, -0.05) is 24.3 Å². The van der Waals surface area contributed by atoms with Gasteiger partial charge >= 0.3 is 0 Å². The lowest BCUT2D eigenvalue weighted by atomic mass is 10.2. The van der Waals surface area contributed by atoms with E-state index in [1.807, 2.05) is 35.2 Å². The van der Waals surface area contributed by atoms with Crippen LogP contribution in [0.2, 0.25) is 0 Å². The first-order chi connectivity index (χ1) is 12.7. The van der Waals surface area contributed by atoms with Gasteiger partial charge in [-0.05, 0) is 43.3 Å². The number of methoxy groups -OCH3 is 1. The largest absolute Gasteiger partial charge is 0.497 e. The van der Waals surface area contributed by atoms with Gasteiger partial charge < -0.3 is 19.7 Å². The summed E-state index contributed by atoms with van der Waals surface area (Å²) in [5.41, 5.74) is 1.44. The predicted octanol–water partition coefficient (Wildman–Crippen LogP) is 4.21. The van der Waals surface area contributed by atoms with Crippen molar-refractivity contribution in [2.75, 3.05) is 25.6 Å². The highest BCUT2D eigenvalue weighted by molar-refractivity contribution is 7.80. The first kappa shape index (κ1) is 18.6. The first-order valence-electron chi connectivity index (χ1n) is 8.70. The molecule has 0 saturated carbocycles. The molecule has 0 spiro atoms. The number of thiocarbonyl (C=S) groups is 1. The molecule has 138 valence electrons. The maximum Gasteiger partial charge on any atom is 0.173 e. The number of nitrogens with zero attached hydrogens (tertiary/aromatic N) is 1. The second-order valence-electron chi connectivity index (χ2n) is 6.27. The molecule has 1 aliphatic heterocycles. The van der Waals surface area contributed by atoms with Gasteiger partial charge in [-0.15, -0.1) is 0 Å². The molecule has 2 aromatic carbocycles. The highest BCUT2D eigenvalue weighted by Crippen LogP contribution is 2.20. The van der Waals surface area contributed by atoms with E-state index in [1.165, 1.54) is 6.07 Å². The minimum absolute atomic E-state index is 0.117. The Hall–Kier alpha value is -2.18. The van der Waals surface area contributed by atoms with Crippen LogP contribution in [0, 0.1) is 5.82 Å². The zero-order valence-electron chi connectivity index (χ0n) is 14.8. The smallest absolute Gasteiger partial charge is 0.173 e. The fraction of sp³-hybridized carbons (Fsp3) is 0.350.